The molecule has 1 aromatic rings. The summed E-state index contributed by atoms with van der Waals surface area (Å²) in [4.78, 5) is 4.62. The van der Waals surface area contributed by atoms with Gasteiger partial charge in [0, 0.05) is 12.6 Å². The van der Waals surface area contributed by atoms with E-state index in [2.05, 4.69) is 48.5 Å². The monoisotopic (exact) mass is 405 g/mol. The molecule has 4 nitrogen and oxygen atoms in total. The second kappa shape index (κ2) is 10.7. The quantitative estimate of drug-likeness (QED) is 0.433. The molecule has 2 N–H and O–H groups in total. The SMILES string of the molecule is CCNC(=NCc1ccc(C)c(OC)c1)NC(C)CC.I. The van der Waals surface area contributed by atoms with Gasteiger partial charge in [0.1, 0.15) is 5.75 Å². The average Bonchev–Trinajstić information content (AvgIpc) is 2.46. The van der Waals surface area contributed by atoms with Crippen LogP contribution < -0.4 is 15.4 Å². The molecule has 0 aliphatic heterocycles. The van der Waals surface area contributed by atoms with Gasteiger partial charge in [-0.25, -0.2) is 4.99 Å². The Morgan fingerprint density at radius 2 is 2.05 bits per heavy atom. The van der Waals surface area contributed by atoms with Gasteiger partial charge in [0.2, 0.25) is 0 Å². The highest BCUT2D eigenvalue weighted by Gasteiger charge is 2.03. The third-order valence-electron chi connectivity index (χ3n) is 3.23. The van der Waals surface area contributed by atoms with Gasteiger partial charge in [0.15, 0.2) is 5.96 Å². The van der Waals surface area contributed by atoms with Crippen molar-refractivity contribution in [1.82, 2.24) is 10.6 Å². The van der Waals surface area contributed by atoms with E-state index in [9.17, 15) is 0 Å². The molecule has 0 bridgehead atoms. The molecular formula is C16H28IN3O. The number of guanidine groups is 1. The van der Waals surface area contributed by atoms with Crippen molar-refractivity contribution in [2.75, 3.05) is 13.7 Å². The first-order valence-electron chi connectivity index (χ1n) is 7.29. The molecule has 120 valence electrons. The zero-order valence-corrected chi connectivity index (χ0v) is 16.0. The molecule has 0 fully saturated rings. The Morgan fingerprint density at radius 3 is 2.62 bits per heavy atom. The highest BCUT2D eigenvalue weighted by molar-refractivity contribution is 14.0. The minimum atomic E-state index is 0. The second-order valence-electron chi connectivity index (χ2n) is 4.95. The highest BCUT2D eigenvalue weighted by atomic mass is 127. The van der Waals surface area contributed by atoms with E-state index >= 15 is 0 Å². The Bertz CT molecular complexity index is 449. The van der Waals surface area contributed by atoms with E-state index < -0.39 is 0 Å². The predicted octanol–water partition coefficient (Wildman–Crippen LogP) is 3.48. The Kier molecular flexibility index (Phi) is 10.2. The van der Waals surface area contributed by atoms with Crippen LogP contribution in [0.3, 0.4) is 0 Å². The van der Waals surface area contributed by atoms with Crippen molar-refractivity contribution in [3.05, 3.63) is 29.3 Å². The third-order valence-corrected chi connectivity index (χ3v) is 3.23. The first-order valence-corrected chi connectivity index (χ1v) is 7.29. The van der Waals surface area contributed by atoms with Crippen LogP contribution in [0.1, 0.15) is 38.3 Å². The molecule has 1 rings (SSSR count). The lowest BCUT2D eigenvalue weighted by atomic mass is 10.1. The van der Waals surface area contributed by atoms with Crippen LogP contribution >= 0.6 is 24.0 Å². The summed E-state index contributed by atoms with van der Waals surface area (Å²) in [6, 6.07) is 6.62. The van der Waals surface area contributed by atoms with E-state index in [0.717, 1.165) is 35.8 Å². The number of halogens is 1. The molecule has 0 aliphatic rings. The lowest BCUT2D eigenvalue weighted by Gasteiger charge is -2.16. The molecular weight excluding hydrogens is 377 g/mol. The van der Waals surface area contributed by atoms with Crippen LogP contribution in [0.5, 0.6) is 5.75 Å². The van der Waals surface area contributed by atoms with Gasteiger partial charge in [-0.3, -0.25) is 0 Å². The molecule has 0 aromatic heterocycles. The molecule has 0 saturated heterocycles. The van der Waals surface area contributed by atoms with Crippen molar-refractivity contribution in [2.45, 2.75) is 46.7 Å². The second-order valence-corrected chi connectivity index (χ2v) is 4.95. The normalized spacial score (nSPS) is 12.3. The van der Waals surface area contributed by atoms with Crippen LogP contribution in [0.25, 0.3) is 0 Å². The number of nitrogens with one attached hydrogen (secondary N) is 2. The lowest BCUT2D eigenvalue weighted by Crippen LogP contribution is -2.41. The lowest BCUT2D eigenvalue weighted by molar-refractivity contribution is 0.411. The third kappa shape index (κ3) is 7.02. The number of rotatable bonds is 6. The van der Waals surface area contributed by atoms with Gasteiger partial charge in [0.25, 0.3) is 0 Å². The summed E-state index contributed by atoms with van der Waals surface area (Å²) in [5.41, 5.74) is 2.29. The number of hydrogen-bond acceptors (Lipinski definition) is 2. The van der Waals surface area contributed by atoms with Crippen molar-refractivity contribution in [2.24, 2.45) is 4.99 Å². The Balaban J connectivity index is 0.00000400. The molecule has 21 heavy (non-hydrogen) atoms. The van der Waals surface area contributed by atoms with Crippen molar-refractivity contribution in [3.8, 4) is 5.75 Å². The number of methoxy groups -OCH3 is 1. The Morgan fingerprint density at radius 1 is 1.33 bits per heavy atom. The first kappa shape index (κ1) is 20.0. The number of aryl methyl sites for hydroxylation is 1. The van der Waals surface area contributed by atoms with Gasteiger partial charge < -0.3 is 15.4 Å². The zero-order valence-electron chi connectivity index (χ0n) is 13.7. The smallest absolute Gasteiger partial charge is 0.191 e. The molecule has 1 aromatic carbocycles. The zero-order chi connectivity index (χ0) is 15.0. The molecule has 0 radical (unpaired) electrons. The maximum atomic E-state index is 5.34. The molecule has 0 spiro atoms. The summed E-state index contributed by atoms with van der Waals surface area (Å²) in [7, 11) is 1.70. The van der Waals surface area contributed by atoms with Gasteiger partial charge in [-0.2, -0.15) is 0 Å². The molecule has 5 heteroatoms. The van der Waals surface area contributed by atoms with Crippen LogP contribution in [0, 0.1) is 6.92 Å². The van der Waals surface area contributed by atoms with Gasteiger partial charge >= 0.3 is 0 Å². The van der Waals surface area contributed by atoms with E-state index in [0.29, 0.717) is 12.6 Å². The van der Waals surface area contributed by atoms with Crippen molar-refractivity contribution in [1.29, 1.82) is 0 Å². The summed E-state index contributed by atoms with van der Waals surface area (Å²) in [5, 5.41) is 6.65. The van der Waals surface area contributed by atoms with E-state index in [1.54, 1.807) is 7.11 Å². The van der Waals surface area contributed by atoms with E-state index in [1.165, 1.54) is 0 Å². The van der Waals surface area contributed by atoms with Crippen molar-refractivity contribution in [3.63, 3.8) is 0 Å². The summed E-state index contributed by atoms with van der Waals surface area (Å²) in [6.07, 6.45) is 1.07. The summed E-state index contributed by atoms with van der Waals surface area (Å²) < 4.78 is 5.34. The van der Waals surface area contributed by atoms with Crippen LogP contribution in [-0.2, 0) is 6.54 Å². The minimum Gasteiger partial charge on any atom is -0.496 e. The van der Waals surface area contributed by atoms with Crippen LogP contribution in [0.4, 0.5) is 0 Å². The summed E-state index contributed by atoms with van der Waals surface area (Å²) >= 11 is 0. The van der Waals surface area contributed by atoms with Gasteiger partial charge in [-0.15, -0.1) is 24.0 Å². The van der Waals surface area contributed by atoms with E-state index in [1.807, 2.05) is 13.0 Å². The molecule has 0 heterocycles. The maximum Gasteiger partial charge on any atom is 0.191 e. The fraction of sp³-hybridized carbons (Fsp3) is 0.562. The number of aliphatic imine (C=N–C) groups is 1. The summed E-state index contributed by atoms with van der Waals surface area (Å²) in [6.45, 7) is 9.93. The topological polar surface area (TPSA) is 45.7 Å². The molecule has 1 unspecified atom stereocenters. The largest absolute Gasteiger partial charge is 0.496 e. The van der Waals surface area contributed by atoms with Crippen LogP contribution in [0.2, 0.25) is 0 Å². The number of ether oxygens (including phenoxy) is 1. The fourth-order valence-corrected chi connectivity index (χ4v) is 1.79. The predicted molar refractivity (Wildman–Crippen MR) is 101 cm³/mol. The van der Waals surface area contributed by atoms with Crippen molar-refractivity contribution >= 4 is 29.9 Å². The van der Waals surface area contributed by atoms with Crippen molar-refractivity contribution < 1.29 is 4.74 Å². The van der Waals surface area contributed by atoms with Gasteiger partial charge in [-0.1, -0.05) is 19.1 Å². The molecule has 0 saturated carbocycles. The number of benzene rings is 1. The number of nitrogens with zero attached hydrogens (tertiary/aromatic N) is 1. The molecule has 1 atom stereocenters. The standard InChI is InChI=1S/C16H27N3O.HI/c1-6-13(4)19-16(17-7-2)18-11-14-9-8-12(3)15(10-14)20-5;/h8-10,13H,6-7,11H2,1-5H3,(H2,17,18,19);1H. The highest BCUT2D eigenvalue weighted by Crippen LogP contribution is 2.19. The Hall–Kier alpha value is -0.980. The molecule has 0 amide bonds. The average molecular weight is 405 g/mol. The minimum absolute atomic E-state index is 0. The van der Waals surface area contributed by atoms with E-state index in [-0.39, 0.29) is 24.0 Å². The first-order chi connectivity index (χ1) is 9.60. The Labute approximate surface area is 145 Å². The number of hydrogen-bond donors (Lipinski definition) is 2. The van der Waals surface area contributed by atoms with E-state index in [4.69, 9.17) is 4.74 Å². The van der Waals surface area contributed by atoms with Crippen LogP contribution in [0.15, 0.2) is 23.2 Å². The van der Waals surface area contributed by atoms with Gasteiger partial charge in [-0.05, 0) is 44.4 Å². The summed E-state index contributed by atoms with van der Waals surface area (Å²) in [5.74, 6) is 1.78. The van der Waals surface area contributed by atoms with Gasteiger partial charge in [0.05, 0.1) is 13.7 Å². The van der Waals surface area contributed by atoms with Crippen LogP contribution in [-0.4, -0.2) is 25.7 Å². The maximum absolute atomic E-state index is 5.34. The fourth-order valence-electron chi connectivity index (χ4n) is 1.79. The molecule has 0 aliphatic carbocycles.